The Hall–Kier alpha value is -3.79. The third-order valence-corrected chi connectivity index (χ3v) is 10.1. The van der Waals surface area contributed by atoms with Crippen LogP contribution in [0.5, 0.6) is 0 Å². The topological polar surface area (TPSA) is 36.7 Å². The van der Waals surface area contributed by atoms with Crippen molar-refractivity contribution in [1.29, 1.82) is 0 Å². The predicted octanol–water partition coefficient (Wildman–Crippen LogP) is 9.16. The largest absolute Gasteiger partial charge is 0.456 e. The number of hydrogen-bond acceptors (Lipinski definition) is 2. The average molecular weight is 551 g/mol. The molecule has 0 radical (unpaired) electrons. The number of furan rings is 1. The second-order valence-electron chi connectivity index (χ2n) is 8.72. The molecule has 1 aromatic heterocycles. The molecule has 1 unspecified atom stereocenters. The fraction of sp³-hybridized carbons (Fsp3) is 0. The maximum atomic E-state index is 15.8. The second-order valence-corrected chi connectivity index (χ2v) is 12.0. The van der Waals surface area contributed by atoms with Crippen LogP contribution in [0.25, 0.3) is 21.9 Å². The Bertz CT molecular complexity index is 1800. The van der Waals surface area contributed by atoms with Crippen LogP contribution in [0.3, 0.4) is 0 Å². The smallest absolute Gasteiger partial charge is 0.301 e. The Morgan fingerprint density at radius 3 is 2.11 bits per heavy atom. The molecule has 0 N–H and O–H groups in total. The number of para-hydroxylation sites is 2. The molecule has 7 rings (SSSR count). The van der Waals surface area contributed by atoms with E-state index in [9.17, 15) is 0 Å². The number of hydrogen-bond donors (Lipinski definition) is 0. The molecular formula is C30H20BrN2O2P. The van der Waals surface area contributed by atoms with Gasteiger partial charge in [-0.25, -0.2) is 0 Å². The van der Waals surface area contributed by atoms with E-state index >= 15 is 4.57 Å². The van der Waals surface area contributed by atoms with Crippen LogP contribution in [0.2, 0.25) is 0 Å². The van der Waals surface area contributed by atoms with Gasteiger partial charge in [-0.15, -0.1) is 0 Å². The first-order valence-corrected chi connectivity index (χ1v) is 14.1. The summed E-state index contributed by atoms with van der Waals surface area (Å²) in [5.74, 6) is 0. The van der Waals surface area contributed by atoms with Gasteiger partial charge < -0.3 is 4.42 Å². The van der Waals surface area contributed by atoms with Crippen molar-refractivity contribution in [2.75, 3.05) is 9.34 Å². The number of fused-ring (bicyclic) bond motifs is 4. The summed E-state index contributed by atoms with van der Waals surface area (Å²) < 4.78 is 26.9. The highest BCUT2D eigenvalue weighted by atomic mass is 79.9. The van der Waals surface area contributed by atoms with Crippen molar-refractivity contribution in [3.05, 3.63) is 126 Å². The molecule has 5 aromatic carbocycles. The second kappa shape index (κ2) is 8.12. The summed E-state index contributed by atoms with van der Waals surface area (Å²) in [6, 6.07) is 39.8. The van der Waals surface area contributed by atoms with E-state index in [0.29, 0.717) is 0 Å². The van der Waals surface area contributed by atoms with Crippen molar-refractivity contribution in [2.45, 2.75) is 0 Å². The third-order valence-electron chi connectivity index (χ3n) is 6.64. The van der Waals surface area contributed by atoms with Crippen molar-refractivity contribution in [3.8, 4) is 0 Å². The van der Waals surface area contributed by atoms with Gasteiger partial charge in [-0.3, -0.25) is 13.9 Å². The van der Waals surface area contributed by atoms with E-state index in [-0.39, 0.29) is 0 Å². The fourth-order valence-electron chi connectivity index (χ4n) is 5.15. The molecule has 0 saturated carbocycles. The summed E-state index contributed by atoms with van der Waals surface area (Å²) in [7, 11) is -3.44. The molecule has 0 fully saturated rings. The molecule has 4 nitrogen and oxygen atoms in total. The molecule has 0 amide bonds. The van der Waals surface area contributed by atoms with E-state index in [1.54, 1.807) is 0 Å². The van der Waals surface area contributed by atoms with Crippen LogP contribution in [0.15, 0.2) is 130 Å². The molecular weight excluding hydrogens is 531 g/mol. The molecule has 0 bridgehead atoms. The van der Waals surface area contributed by atoms with Gasteiger partial charge in [-0.05, 0) is 60.7 Å². The summed E-state index contributed by atoms with van der Waals surface area (Å²) in [4.78, 5) is 0. The van der Waals surface area contributed by atoms with Gasteiger partial charge in [0.1, 0.15) is 11.2 Å². The minimum absolute atomic E-state index is 0.756. The van der Waals surface area contributed by atoms with E-state index in [2.05, 4.69) is 22.0 Å². The van der Waals surface area contributed by atoms with Crippen molar-refractivity contribution in [2.24, 2.45) is 0 Å². The lowest BCUT2D eigenvalue weighted by molar-refractivity contribution is 0.582. The van der Waals surface area contributed by atoms with Crippen molar-refractivity contribution in [1.82, 2.24) is 0 Å². The Kier molecular flexibility index (Phi) is 4.85. The standard InChI is InChI=1S/C30H20BrN2O2P/c31-21-18-19-25-27(20-21)32(22-10-3-1-4-11-22)36(34,23-12-5-2-6-13-23)33(25)26-15-9-17-29-30(26)24-14-7-8-16-28(24)35-29/h1-20H. The molecule has 1 aliphatic rings. The third kappa shape index (κ3) is 3.03. The molecule has 0 saturated heterocycles. The summed E-state index contributed by atoms with van der Waals surface area (Å²) in [5.41, 5.74) is 5.07. The van der Waals surface area contributed by atoms with E-state index in [1.165, 1.54) is 0 Å². The Labute approximate surface area is 217 Å². The van der Waals surface area contributed by atoms with Crippen LogP contribution in [-0.4, -0.2) is 0 Å². The quantitative estimate of drug-likeness (QED) is 0.206. The lowest BCUT2D eigenvalue weighted by atomic mass is 10.1. The predicted molar refractivity (Wildman–Crippen MR) is 152 cm³/mol. The van der Waals surface area contributed by atoms with Crippen LogP contribution in [0.4, 0.5) is 22.7 Å². The molecule has 174 valence electrons. The number of anilines is 4. The molecule has 1 atom stereocenters. The minimum Gasteiger partial charge on any atom is -0.456 e. The maximum absolute atomic E-state index is 15.8. The number of halogens is 1. The summed E-state index contributed by atoms with van der Waals surface area (Å²) in [5, 5.41) is 2.71. The van der Waals surface area contributed by atoms with Gasteiger partial charge in [0, 0.05) is 15.5 Å². The maximum Gasteiger partial charge on any atom is 0.301 e. The Morgan fingerprint density at radius 1 is 0.611 bits per heavy atom. The first-order valence-electron chi connectivity index (χ1n) is 11.7. The lowest BCUT2D eigenvalue weighted by Gasteiger charge is -2.33. The van der Waals surface area contributed by atoms with E-state index in [1.807, 2.05) is 125 Å². The van der Waals surface area contributed by atoms with E-state index in [4.69, 9.17) is 4.42 Å². The first kappa shape index (κ1) is 21.5. The summed E-state index contributed by atoms with van der Waals surface area (Å²) in [6.45, 7) is 0. The fourth-order valence-corrected chi connectivity index (χ4v) is 8.52. The van der Waals surface area contributed by atoms with Crippen LogP contribution >= 0.6 is 23.4 Å². The molecule has 0 aliphatic carbocycles. The van der Waals surface area contributed by atoms with Gasteiger partial charge in [0.2, 0.25) is 0 Å². The van der Waals surface area contributed by atoms with Crippen LogP contribution in [0, 0.1) is 0 Å². The zero-order valence-electron chi connectivity index (χ0n) is 19.1. The van der Waals surface area contributed by atoms with Crippen LogP contribution in [0.1, 0.15) is 0 Å². The van der Waals surface area contributed by atoms with Gasteiger partial charge in [-0.1, -0.05) is 76.6 Å². The molecule has 6 heteroatoms. The monoisotopic (exact) mass is 550 g/mol. The summed E-state index contributed by atoms with van der Waals surface area (Å²) >= 11 is 3.65. The molecule has 2 heterocycles. The van der Waals surface area contributed by atoms with Gasteiger partial charge in [0.25, 0.3) is 0 Å². The van der Waals surface area contributed by atoms with Crippen molar-refractivity contribution < 1.29 is 8.98 Å². The Morgan fingerprint density at radius 2 is 1.31 bits per heavy atom. The highest BCUT2D eigenvalue weighted by Crippen LogP contribution is 2.70. The highest BCUT2D eigenvalue weighted by Gasteiger charge is 2.49. The van der Waals surface area contributed by atoms with E-state index in [0.717, 1.165) is 54.5 Å². The minimum atomic E-state index is -3.44. The van der Waals surface area contributed by atoms with Crippen molar-refractivity contribution in [3.63, 3.8) is 0 Å². The zero-order chi connectivity index (χ0) is 24.3. The molecule has 36 heavy (non-hydrogen) atoms. The highest BCUT2D eigenvalue weighted by molar-refractivity contribution is 9.10. The number of benzene rings is 5. The number of rotatable bonds is 3. The van der Waals surface area contributed by atoms with Gasteiger partial charge >= 0.3 is 7.44 Å². The summed E-state index contributed by atoms with van der Waals surface area (Å²) in [6.07, 6.45) is 0. The van der Waals surface area contributed by atoms with Gasteiger partial charge in [0.15, 0.2) is 0 Å². The number of nitrogens with zero attached hydrogens (tertiary/aromatic N) is 2. The van der Waals surface area contributed by atoms with Gasteiger partial charge in [-0.2, -0.15) is 0 Å². The molecule has 1 aliphatic heterocycles. The average Bonchev–Trinajstić information content (AvgIpc) is 3.42. The van der Waals surface area contributed by atoms with E-state index < -0.39 is 7.44 Å². The zero-order valence-corrected chi connectivity index (χ0v) is 21.6. The van der Waals surface area contributed by atoms with Crippen LogP contribution in [-0.2, 0) is 4.57 Å². The van der Waals surface area contributed by atoms with Crippen LogP contribution < -0.4 is 14.6 Å². The van der Waals surface area contributed by atoms with Gasteiger partial charge in [0.05, 0.1) is 27.8 Å². The molecule has 6 aromatic rings. The lowest BCUT2D eigenvalue weighted by Crippen LogP contribution is -2.26. The molecule has 0 spiro atoms. The Balaban J connectivity index is 1.62. The first-order chi connectivity index (χ1) is 17.7. The normalized spacial score (nSPS) is 17.1. The van der Waals surface area contributed by atoms with Crippen molar-refractivity contribution >= 4 is 73.4 Å². The SMILES string of the molecule is O=P1(c2ccccc2)N(c2ccccc2)c2cc(Br)ccc2N1c1cccc2oc3ccccc3c12.